The molecule has 2 heterocycles. The van der Waals surface area contributed by atoms with Gasteiger partial charge in [0.2, 0.25) is 5.91 Å². The van der Waals surface area contributed by atoms with Gasteiger partial charge in [-0.3, -0.25) is 18.7 Å². The van der Waals surface area contributed by atoms with Crippen LogP contribution in [0.3, 0.4) is 0 Å². The first kappa shape index (κ1) is 38.6. The van der Waals surface area contributed by atoms with Gasteiger partial charge in [-0.25, -0.2) is 9.07 Å². The van der Waals surface area contributed by atoms with Crippen LogP contribution in [0.5, 0.6) is 0 Å². The number of halogens is 1. The molecular weight excluding hydrogens is 670 g/mol. The maximum absolute atomic E-state index is 13.4. The van der Waals surface area contributed by atoms with E-state index >= 15 is 0 Å². The molecule has 1 saturated carbocycles. The van der Waals surface area contributed by atoms with E-state index in [1.807, 2.05) is 24.1 Å². The summed E-state index contributed by atoms with van der Waals surface area (Å²) in [5.74, 6) is -0.114. The van der Waals surface area contributed by atoms with Gasteiger partial charge in [-0.05, 0) is 74.8 Å². The Bertz CT molecular complexity index is 1640. The largest absolute Gasteiger partial charge is 0.340 e. The molecule has 1 saturated heterocycles. The lowest BCUT2D eigenvalue weighted by molar-refractivity contribution is -0.135. The van der Waals surface area contributed by atoms with Gasteiger partial charge in [0.25, 0.3) is 26.1 Å². The van der Waals surface area contributed by atoms with Crippen LogP contribution in [-0.2, 0) is 25.0 Å². The molecule has 0 spiro atoms. The van der Waals surface area contributed by atoms with Crippen LogP contribution in [0.25, 0.3) is 5.69 Å². The highest BCUT2D eigenvalue weighted by molar-refractivity contribution is 7.85. The van der Waals surface area contributed by atoms with E-state index in [0.29, 0.717) is 49.5 Å². The normalized spacial score (nSPS) is 18.4. The number of carbonyl (C=O) groups is 2. The third-order valence-electron chi connectivity index (χ3n) is 7.40. The summed E-state index contributed by atoms with van der Waals surface area (Å²) < 4.78 is 66.6. The molecule has 3 atom stereocenters. The maximum atomic E-state index is 13.4. The van der Waals surface area contributed by atoms with Crippen molar-refractivity contribution in [3.63, 3.8) is 0 Å². The lowest BCUT2D eigenvalue weighted by Crippen LogP contribution is -2.54. The molecule has 0 bridgehead atoms. The number of nitrogens with one attached hydrogen (secondary N) is 2. The molecule has 1 aliphatic carbocycles. The Balaban J connectivity index is 0.000000548. The van der Waals surface area contributed by atoms with Crippen molar-refractivity contribution in [1.82, 2.24) is 35.4 Å². The van der Waals surface area contributed by atoms with E-state index in [0.717, 1.165) is 43.7 Å². The number of piperazine rings is 1. The number of amides is 2. The fourth-order valence-corrected chi connectivity index (χ4v) is 4.95. The van der Waals surface area contributed by atoms with Crippen LogP contribution >= 0.6 is 0 Å². The Hall–Kier alpha value is -3.81. The van der Waals surface area contributed by atoms with E-state index in [2.05, 4.69) is 25.8 Å². The Labute approximate surface area is 280 Å². The van der Waals surface area contributed by atoms with Crippen LogP contribution in [0.15, 0.2) is 60.9 Å². The highest BCUT2D eigenvalue weighted by Crippen LogP contribution is 2.40. The number of nitrogens with zero attached hydrogens (tertiary/aromatic N) is 5. The Morgan fingerprint density at radius 3 is 2.08 bits per heavy atom. The van der Waals surface area contributed by atoms with E-state index in [4.69, 9.17) is 9.11 Å². The van der Waals surface area contributed by atoms with Crippen LogP contribution in [0.2, 0.25) is 0 Å². The van der Waals surface area contributed by atoms with Crippen molar-refractivity contribution in [1.29, 1.82) is 0 Å². The summed E-state index contributed by atoms with van der Waals surface area (Å²) >= 11 is 0. The van der Waals surface area contributed by atoms with E-state index in [1.165, 1.54) is 12.1 Å². The summed E-state index contributed by atoms with van der Waals surface area (Å²) in [4.78, 5) is 30.6. The summed E-state index contributed by atoms with van der Waals surface area (Å²) in [6.45, 7) is 3.72. The van der Waals surface area contributed by atoms with Crippen molar-refractivity contribution in [2.24, 2.45) is 0 Å². The number of aromatic nitrogens is 3. The zero-order valence-corrected chi connectivity index (χ0v) is 28.6. The second kappa shape index (κ2) is 17.5. The van der Waals surface area contributed by atoms with Gasteiger partial charge in [-0.15, -0.1) is 5.10 Å². The van der Waals surface area contributed by atoms with Crippen molar-refractivity contribution >= 4 is 32.1 Å². The van der Waals surface area contributed by atoms with Crippen LogP contribution in [0.1, 0.15) is 41.1 Å². The Kier molecular flexibility index (Phi) is 14.1. The quantitative estimate of drug-likeness (QED) is 0.173. The second-order valence-corrected chi connectivity index (χ2v) is 14.5. The van der Waals surface area contributed by atoms with Crippen molar-refractivity contribution in [3.05, 3.63) is 77.9 Å². The van der Waals surface area contributed by atoms with Crippen LogP contribution in [0, 0.1) is 5.82 Å². The highest BCUT2D eigenvalue weighted by Gasteiger charge is 2.37. The Morgan fingerprint density at radius 2 is 1.54 bits per heavy atom. The Morgan fingerprint density at radius 1 is 0.958 bits per heavy atom. The zero-order chi connectivity index (χ0) is 35.5. The number of hydrogen-bond donors (Lipinski definition) is 4. The zero-order valence-electron chi connectivity index (χ0n) is 26.9. The maximum Gasteiger partial charge on any atom is 0.261 e. The van der Waals surface area contributed by atoms with Gasteiger partial charge in [0, 0.05) is 43.7 Å². The minimum atomic E-state index is -3.67. The number of likely N-dealkylation sites (N-methyl/N-ethyl adjacent to an activating group) is 1. The average molecular weight is 712 g/mol. The molecule has 264 valence electrons. The van der Waals surface area contributed by atoms with E-state index in [9.17, 15) is 30.8 Å². The SMILES string of the molecule is CN1CCN(C(=O)[C@H](CCCN[C@@H]2C[C@H]2c2ccc(F)cc2)NC(=O)c2ccc(-n3ccnn3)cc2)CC1.CS(=O)(=O)O.CS(=O)(=O)O. The predicted molar refractivity (Wildman–Crippen MR) is 176 cm³/mol. The molecule has 15 nitrogen and oxygen atoms in total. The second-order valence-electron chi connectivity index (χ2n) is 11.6. The molecule has 4 N–H and O–H groups in total. The topological polar surface area (TPSA) is 204 Å². The van der Waals surface area contributed by atoms with Crippen molar-refractivity contribution in [2.75, 3.05) is 52.3 Å². The van der Waals surface area contributed by atoms with E-state index < -0.39 is 26.3 Å². The highest BCUT2D eigenvalue weighted by atomic mass is 32.2. The molecular formula is C30H42FN7O8S2. The summed E-state index contributed by atoms with van der Waals surface area (Å²) in [6, 6.07) is 13.5. The van der Waals surface area contributed by atoms with Crippen LogP contribution in [0.4, 0.5) is 4.39 Å². The summed E-state index contributed by atoms with van der Waals surface area (Å²) in [7, 11) is -5.28. The first-order chi connectivity index (χ1) is 22.5. The van der Waals surface area contributed by atoms with Gasteiger partial charge < -0.3 is 20.4 Å². The standard InChI is InChI=1S/C28H34FN7O2.2CH4O3S/c1-34-15-17-35(18-16-34)28(38)25(3-2-12-30-26-19-24(26)20-4-8-22(29)9-5-20)32-27(37)21-6-10-23(11-7-21)36-14-13-31-33-36;2*1-5(2,3)4/h4-11,13-14,24-26,30H,2-3,12,15-19H2,1H3,(H,32,37);2*1H3,(H,2,3,4)/t24-,25-,26+;;/m0../s1. The molecule has 1 aromatic heterocycles. The summed E-state index contributed by atoms with van der Waals surface area (Å²) in [5, 5.41) is 14.3. The fraction of sp³-hybridized carbons (Fsp3) is 0.467. The lowest BCUT2D eigenvalue weighted by atomic mass is 10.1. The lowest BCUT2D eigenvalue weighted by Gasteiger charge is -2.34. The monoisotopic (exact) mass is 711 g/mol. The molecule has 0 radical (unpaired) electrons. The minimum Gasteiger partial charge on any atom is -0.340 e. The third kappa shape index (κ3) is 14.5. The van der Waals surface area contributed by atoms with E-state index in [-0.39, 0.29) is 17.6 Å². The fourth-order valence-electron chi connectivity index (χ4n) is 4.95. The number of rotatable bonds is 10. The number of carbonyl (C=O) groups excluding carboxylic acids is 2. The summed E-state index contributed by atoms with van der Waals surface area (Å²) in [6.07, 6.45) is 7.08. The molecule has 18 heteroatoms. The molecule has 0 unspecified atom stereocenters. The molecule has 5 rings (SSSR count). The molecule has 3 aromatic rings. The van der Waals surface area contributed by atoms with Gasteiger partial charge >= 0.3 is 0 Å². The first-order valence-electron chi connectivity index (χ1n) is 15.1. The van der Waals surface area contributed by atoms with Crippen molar-refractivity contribution in [3.8, 4) is 5.69 Å². The van der Waals surface area contributed by atoms with Gasteiger partial charge in [0.05, 0.1) is 30.6 Å². The summed E-state index contributed by atoms with van der Waals surface area (Å²) in [5.41, 5.74) is 2.44. The molecule has 2 aliphatic rings. The smallest absolute Gasteiger partial charge is 0.261 e. The number of hydrogen-bond acceptors (Lipinski definition) is 10. The van der Waals surface area contributed by atoms with Gasteiger partial charge in [-0.2, -0.15) is 16.8 Å². The molecule has 2 aromatic carbocycles. The molecule has 2 amide bonds. The van der Waals surface area contributed by atoms with Crippen LogP contribution < -0.4 is 10.6 Å². The molecule has 1 aliphatic heterocycles. The molecule has 2 fully saturated rings. The van der Waals surface area contributed by atoms with Crippen molar-refractivity contribution in [2.45, 2.75) is 37.3 Å². The van der Waals surface area contributed by atoms with Gasteiger partial charge in [0.15, 0.2) is 0 Å². The molecule has 48 heavy (non-hydrogen) atoms. The van der Waals surface area contributed by atoms with Gasteiger partial charge in [-0.1, -0.05) is 17.3 Å². The average Bonchev–Trinajstić information content (AvgIpc) is 3.55. The minimum absolute atomic E-state index is 0.0266. The van der Waals surface area contributed by atoms with Crippen molar-refractivity contribution < 1.29 is 39.9 Å². The predicted octanol–water partition coefficient (Wildman–Crippen LogP) is 1.21. The van der Waals surface area contributed by atoms with E-state index in [1.54, 1.807) is 41.3 Å². The first-order valence-corrected chi connectivity index (χ1v) is 18.8. The van der Waals surface area contributed by atoms with Gasteiger partial charge in [0.1, 0.15) is 11.9 Å². The number of benzene rings is 2. The third-order valence-corrected chi connectivity index (χ3v) is 7.40. The van der Waals surface area contributed by atoms with Crippen LogP contribution in [-0.4, -0.2) is 127 Å².